The predicted molar refractivity (Wildman–Crippen MR) is 63.6 cm³/mol. The van der Waals surface area contributed by atoms with Crippen molar-refractivity contribution >= 4 is 12.0 Å². The summed E-state index contributed by atoms with van der Waals surface area (Å²) in [5.74, 6) is 0. The van der Waals surface area contributed by atoms with E-state index in [1.165, 1.54) is 5.69 Å². The maximum absolute atomic E-state index is 10.5. The Labute approximate surface area is 91.1 Å². The zero-order valence-electron chi connectivity index (χ0n) is 9.36. The van der Waals surface area contributed by atoms with E-state index < -0.39 is 0 Å². The Balaban J connectivity index is 2.69. The van der Waals surface area contributed by atoms with E-state index in [0.29, 0.717) is 0 Å². The molecule has 1 rings (SSSR count). The highest BCUT2D eigenvalue weighted by molar-refractivity contribution is 5.75. The summed E-state index contributed by atoms with van der Waals surface area (Å²) in [5, 5.41) is 3.13. The molecule has 0 unspecified atom stereocenters. The highest BCUT2D eigenvalue weighted by Crippen LogP contribution is 2.13. The number of benzene rings is 1. The van der Waals surface area contributed by atoms with Gasteiger partial charge < -0.3 is 10.2 Å². The molecule has 0 fully saturated rings. The highest BCUT2D eigenvalue weighted by Gasteiger charge is 2.02. The Kier molecular flexibility index (Phi) is 4.84. The summed E-state index contributed by atoms with van der Waals surface area (Å²) in [7, 11) is 1.95. The number of nitrogens with one attached hydrogen (secondary N) is 1. The zero-order valence-corrected chi connectivity index (χ0v) is 9.36. The third-order valence-electron chi connectivity index (χ3n) is 2.41. The van der Waals surface area contributed by atoms with Crippen LogP contribution in [0.3, 0.4) is 0 Å². The van der Waals surface area contributed by atoms with E-state index in [0.717, 1.165) is 31.5 Å². The fraction of sp³-hybridized carbons (Fsp3) is 0.417. The van der Waals surface area contributed by atoms with Gasteiger partial charge in [-0.05, 0) is 38.2 Å². The highest BCUT2D eigenvalue weighted by atomic mass is 16.1. The third-order valence-corrected chi connectivity index (χ3v) is 2.41. The molecule has 3 heteroatoms. The number of hydrogen-bond donors (Lipinski definition) is 1. The molecule has 1 aromatic carbocycles. The molecule has 0 aliphatic carbocycles. The Morgan fingerprint density at radius 3 is 2.47 bits per heavy atom. The minimum atomic E-state index is 0.725. The van der Waals surface area contributed by atoms with Crippen molar-refractivity contribution in [2.45, 2.75) is 6.92 Å². The molecule has 1 N–H and O–H groups in total. The molecule has 0 spiro atoms. The molecule has 0 aliphatic rings. The van der Waals surface area contributed by atoms with Gasteiger partial charge in [0.25, 0.3) is 0 Å². The second-order valence-corrected chi connectivity index (χ2v) is 3.39. The summed E-state index contributed by atoms with van der Waals surface area (Å²) in [6.45, 7) is 5.04. The van der Waals surface area contributed by atoms with Crippen LogP contribution in [0.15, 0.2) is 24.3 Å². The molecule has 0 amide bonds. The lowest BCUT2D eigenvalue weighted by atomic mass is 10.2. The Bertz CT molecular complexity index is 295. The lowest BCUT2D eigenvalue weighted by molar-refractivity contribution is 0.112. The first-order valence-electron chi connectivity index (χ1n) is 5.26. The molecule has 0 atom stereocenters. The van der Waals surface area contributed by atoms with Gasteiger partial charge in [-0.1, -0.05) is 0 Å². The van der Waals surface area contributed by atoms with Crippen molar-refractivity contribution < 1.29 is 4.79 Å². The van der Waals surface area contributed by atoms with Gasteiger partial charge in [0, 0.05) is 30.9 Å². The molecule has 0 saturated carbocycles. The van der Waals surface area contributed by atoms with Gasteiger partial charge in [0.05, 0.1) is 0 Å². The Hall–Kier alpha value is -1.35. The first-order chi connectivity index (χ1) is 7.31. The number of carbonyl (C=O) groups excluding carboxylic acids is 1. The van der Waals surface area contributed by atoms with Gasteiger partial charge in [0.1, 0.15) is 6.29 Å². The molecule has 0 saturated heterocycles. The normalized spacial score (nSPS) is 10.0. The van der Waals surface area contributed by atoms with Crippen molar-refractivity contribution in [3.63, 3.8) is 0 Å². The Morgan fingerprint density at radius 2 is 2.00 bits per heavy atom. The van der Waals surface area contributed by atoms with Gasteiger partial charge in [0.2, 0.25) is 0 Å². The number of likely N-dealkylation sites (N-methyl/N-ethyl adjacent to an activating group) is 2. The lowest BCUT2D eigenvalue weighted by Gasteiger charge is -2.22. The van der Waals surface area contributed by atoms with E-state index >= 15 is 0 Å². The summed E-state index contributed by atoms with van der Waals surface area (Å²) < 4.78 is 0. The third kappa shape index (κ3) is 3.36. The molecule has 0 bridgehead atoms. The molecule has 15 heavy (non-hydrogen) atoms. The van der Waals surface area contributed by atoms with Crippen LogP contribution in [0.5, 0.6) is 0 Å². The van der Waals surface area contributed by atoms with Crippen molar-refractivity contribution in [3.8, 4) is 0 Å². The smallest absolute Gasteiger partial charge is 0.150 e. The maximum Gasteiger partial charge on any atom is 0.150 e. The van der Waals surface area contributed by atoms with Crippen LogP contribution in [0.1, 0.15) is 17.3 Å². The molecule has 82 valence electrons. The van der Waals surface area contributed by atoms with E-state index in [1.807, 2.05) is 31.3 Å². The summed E-state index contributed by atoms with van der Waals surface area (Å²) in [6, 6.07) is 7.68. The lowest BCUT2D eigenvalue weighted by Crippen LogP contribution is -2.30. The maximum atomic E-state index is 10.5. The molecular formula is C12H18N2O. The molecule has 0 heterocycles. The van der Waals surface area contributed by atoms with E-state index in [-0.39, 0.29) is 0 Å². The van der Waals surface area contributed by atoms with Gasteiger partial charge in [-0.25, -0.2) is 0 Å². The van der Waals surface area contributed by atoms with E-state index in [2.05, 4.69) is 17.1 Å². The van der Waals surface area contributed by atoms with Crippen LogP contribution in [0.4, 0.5) is 5.69 Å². The van der Waals surface area contributed by atoms with Crippen molar-refractivity contribution in [2.24, 2.45) is 0 Å². The number of hydrogen-bond acceptors (Lipinski definition) is 3. The fourth-order valence-corrected chi connectivity index (χ4v) is 1.48. The second-order valence-electron chi connectivity index (χ2n) is 3.39. The summed E-state index contributed by atoms with van der Waals surface area (Å²) in [6.07, 6.45) is 0.869. The number of nitrogens with zero attached hydrogens (tertiary/aromatic N) is 1. The topological polar surface area (TPSA) is 32.3 Å². The van der Waals surface area contributed by atoms with Gasteiger partial charge in [0.15, 0.2) is 0 Å². The molecule has 3 nitrogen and oxygen atoms in total. The minimum absolute atomic E-state index is 0.725. The van der Waals surface area contributed by atoms with Crippen molar-refractivity contribution in [3.05, 3.63) is 29.8 Å². The number of rotatable bonds is 6. The minimum Gasteiger partial charge on any atom is -0.371 e. The van der Waals surface area contributed by atoms with Crippen LogP contribution in [0, 0.1) is 0 Å². The van der Waals surface area contributed by atoms with E-state index in [9.17, 15) is 4.79 Å². The van der Waals surface area contributed by atoms with Gasteiger partial charge in [-0.3, -0.25) is 4.79 Å². The molecule has 0 aromatic heterocycles. The van der Waals surface area contributed by atoms with Crippen molar-refractivity contribution in [1.29, 1.82) is 0 Å². The molecule has 0 radical (unpaired) electrons. The SMILES string of the molecule is CCN(CCNC)c1ccc(C=O)cc1. The predicted octanol–water partition coefficient (Wildman–Crippen LogP) is 1.54. The van der Waals surface area contributed by atoms with Gasteiger partial charge in [-0.15, -0.1) is 0 Å². The van der Waals surface area contributed by atoms with Crippen LogP contribution < -0.4 is 10.2 Å². The summed E-state index contributed by atoms with van der Waals surface area (Å²) >= 11 is 0. The summed E-state index contributed by atoms with van der Waals surface area (Å²) in [5.41, 5.74) is 1.89. The average Bonchev–Trinajstić information content (AvgIpc) is 2.31. The first-order valence-corrected chi connectivity index (χ1v) is 5.26. The molecule has 0 aliphatic heterocycles. The van der Waals surface area contributed by atoms with Crippen LogP contribution in [-0.2, 0) is 0 Å². The van der Waals surface area contributed by atoms with E-state index in [4.69, 9.17) is 0 Å². The fourth-order valence-electron chi connectivity index (χ4n) is 1.48. The monoisotopic (exact) mass is 206 g/mol. The standard InChI is InChI=1S/C12H18N2O/c1-3-14(9-8-13-2)12-6-4-11(10-15)5-7-12/h4-7,10,13H,3,8-9H2,1-2H3. The van der Waals surface area contributed by atoms with Crippen LogP contribution >= 0.6 is 0 Å². The van der Waals surface area contributed by atoms with E-state index in [1.54, 1.807) is 0 Å². The molecule has 1 aromatic rings. The molecular weight excluding hydrogens is 188 g/mol. The van der Waals surface area contributed by atoms with Crippen LogP contribution in [0.2, 0.25) is 0 Å². The Morgan fingerprint density at radius 1 is 1.33 bits per heavy atom. The quantitative estimate of drug-likeness (QED) is 0.717. The number of carbonyl (C=O) groups is 1. The zero-order chi connectivity index (χ0) is 11.1. The van der Waals surface area contributed by atoms with Crippen LogP contribution in [-0.4, -0.2) is 33.0 Å². The van der Waals surface area contributed by atoms with Crippen molar-refractivity contribution in [1.82, 2.24) is 5.32 Å². The average molecular weight is 206 g/mol. The number of anilines is 1. The van der Waals surface area contributed by atoms with Crippen molar-refractivity contribution in [2.75, 3.05) is 31.6 Å². The second kappa shape index (κ2) is 6.19. The number of aldehydes is 1. The van der Waals surface area contributed by atoms with Gasteiger partial charge in [-0.2, -0.15) is 0 Å². The summed E-state index contributed by atoms with van der Waals surface area (Å²) in [4.78, 5) is 12.8. The van der Waals surface area contributed by atoms with Crippen LogP contribution in [0.25, 0.3) is 0 Å². The largest absolute Gasteiger partial charge is 0.371 e. The first kappa shape index (κ1) is 11.7. The van der Waals surface area contributed by atoms with Gasteiger partial charge >= 0.3 is 0 Å².